The second-order valence-electron chi connectivity index (χ2n) is 5.48. The van der Waals surface area contributed by atoms with E-state index in [0.29, 0.717) is 24.2 Å². The van der Waals surface area contributed by atoms with Crippen molar-refractivity contribution in [3.8, 4) is 0 Å². The number of nitrogens with zero attached hydrogens (tertiary/aromatic N) is 3. The number of benzene rings is 1. The Bertz CT molecular complexity index is 667. The lowest BCUT2D eigenvalue weighted by Gasteiger charge is -2.21. The van der Waals surface area contributed by atoms with Gasteiger partial charge in [0.15, 0.2) is 5.82 Å². The van der Waals surface area contributed by atoms with E-state index in [0.717, 1.165) is 12.8 Å². The minimum Gasteiger partial charge on any atom is -0.339 e. The number of amides is 1. The van der Waals surface area contributed by atoms with Crippen LogP contribution >= 0.6 is 0 Å². The number of halogens is 1. The molecule has 5 nitrogen and oxygen atoms in total. The molecule has 22 heavy (non-hydrogen) atoms. The zero-order valence-corrected chi connectivity index (χ0v) is 12.5. The number of carbonyl (C=O) groups excluding carboxylic acids is 1. The van der Waals surface area contributed by atoms with Gasteiger partial charge in [-0.1, -0.05) is 23.7 Å². The summed E-state index contributed by atoms with van der Waals surface area (Å²) in [5.74, 6) is 0.590. The lowest BCUT2D eigenvalue weighted by atomic mass is 9.85. The Kier molecular flexibility index (Phi) is 4.18. The van der Waals surface area contributed by atoms with E-state index in [9.17, 15) is 9.18 Å². The molecular weight excluding hydrogens is 285 g/mol. The average molecular weight is 303 g/mol. The van der Waals surface area contributed by atoms with Crippen LogP contribution in [0.1, 0.15) is 54.2 Å². The Labute approximate surface area is 128 Å². The lowest BCUT2D eigenvalue weighted by molar-refractivity contribution is 0.0742. The van der Waals surface area contributed by atoms with Crippen LogP contribution < -0.4 is 0 Å². The Balaban J connectivity index is 1.72. The van der Waals surface area contributed by atoms with Crippen LogP contribution in [0.5, 0.6) is 0 Å². The summed E-state index contributed by atoms with van der Waals surface area (Å²) < 4.78 is 19.0. The van der Waals surface area contributed by atoms with Gasteiger partial charge in [-0.2, -0.15) is 4.98 Å². The number of hydrogen-bond acceptors (Lipinski definition) is 4. The van der Waals surface area contributed by atoms with Crippen molar-refractivity contribution in [2.75, 3.05) is 6.54 Å². The van der Waals surface area contributed by atoms with Gasteiger partial charge in [0.1, 0.15) is 5.82 Å². The third-order valence-corrected chi connectivity index (χ3v) is 4.04. The monoisotopic (exact) mass is 303 g/mol. The van der Waals surface area contributed by atoms with Crippen LogP contribution in [0.4, 0.5) is 4.39 Å². The van der Waals surface area contributed by atoms with Crippen LogP contribution in [0, 0.1) is 5.82 Å². The highest BCUT2D eigenvalue weighted by Gasteiger charge is 2.26. The van der Waals surface area contributed by atoms with Gasteiger partial charge in [-0.25, -0.2) is 4.39 Å². The molecule has 2 aromatic rings. The Morgan fingerprint density at radius 1 is 1.41 bits per heavy atom. The molecule has 1 saturated carbocycles. The Hall–Kier alpha value is -2.24. The summed E-state index contributed by atoms with van der Waals surface area (Å²) in [5.41, 5.74) is 0.0621. The van der Waals surface area contributed by atoms with Crippen molar-refractivity contribution >= 4 is 5.91 Å². The lowest BCUT2D eigenvalue weighted by Crippen LogP contribution is -2.31. The quantitative estimate of drug-likeness (QED) is 0.851. The molecule has 1 heterocycles. The second kappa shape index (κ2) is 6.25. The van der Waals surface area contributed by atoms with Crippen LogP contribution in [0.25, 0.3) is 0 Å². The van der Waals surface area contributed by atoms with E-state index >= 15 is 0 Å². The molecule has 0 radical (unpaired) electrons. The van der Waals surface area contributed by atoms with Gasteiger partial charge in [0, 0.05) is 12.5 Å². The van der Waals surface area contributed by atoms with Crippen molar-refractivity contribution in [3.05, 3.63) is 47.4 Å². The van der Waals surface area contributed by atoms with Gasteiger partial charge < -0.3 is 9.42 Å². The smallest absolute Gasteiger partial charge is 0.257 e. The first-order chi connectivity index (χ1) is 10.7. The summed E-state index contributed by atoms with van der Waals surface area (Å²) in [4.78, 5) is 18.3. The molecular formula is C16H18FN3O2. The number of hydrogen-bond donors (Lipinski definition) is 0. The number of aromatic nitrogens is 2. The maximum Gasteiger partial charge on any atom is 0.257 e. The molecule has 1 amide bonds. The summed E-state index contributed by atoms with van der Waals surface area (Å²) >= 11 is 0. The highest BCUT2D eigenvalue weighted by molar-refractivity contribution is 5.94. The standard InChI is InChI=1S/C16H18FN3O2/c1-2-20(16(21)12-8-3-4-9-13(12)17)10-14-18-15(22-19-14)11-6-5-7-11/h3-4,8-9,11H,2,5-7,10H2,1H3. The Morgan fingerprint density at radius 2 is 2.18 bits per heavy atom. The normalized spacial score (nSPS) is 14.6. The van der Waals surface area contributed by atoms with Crippen LogP contribution in [0.3, 0.4) is 0 Å². The van der Waals surface area contributed by atoms with Crippen molar-refractivity contribution < 1.29 is 13.7 Å². The van der Waals surface area contributed by atoms with Crippen LogP contribution in [0.2, 0.25) is 0 Å². The Morgan fingerprint density at radius 3 is 2.82 bits per heavy atom. The van der Waals surface area contributed by atoms with Gasteiger partial charge in [0.2, 0.25) is 5.89 Å². The van der Waals surface area contributed by atoms with E-state index in [2.05, 4.69) is 10.1 Å². The minimum atomic E-state index is -0.519. The molecule has 0 bridgehead atoms. The van der Waals surface area contributed by atoms with Gasteiger partial charge in [-0.3, -0.25) is 4.79 Å². The molecule has 0 N–H and O–H groups in total. The first-order valence-corrected chi connectivity index (χ1v) is 7.55. The van der Waals surface area contributed by atoms with Crippen LogP contribution in [-0.2, 0) is 6.54 Å². The molecule has 116 valence electrons. The molecule has 1 aliphatic rings. The van der Waals surface area contributed by atoms with Crippen molar-refractivity contribution in [2.45, 2.75) is 38.6 Å². The topological polar surface area (TPSA) is 59.2 Å². The van der Waals surface area contributed by atoms with Crippen molar-refractivity contribution in [1.82, 2.24) is 15.0 Å². The molecule has 0 spiro atoms. The van der Waals surface area contributed by atoms with E-state index < -0.39 is 5.82 Å². The summed E-state index contributed by atoms with van der Waals surface area (Å²) in [7, 11) is 0. The average Bonchev–Trinajstić information content (AvgIpc) is 2.91. The van der Waals surface area contributed by atoms with Gasteiger partial charge in [0.05, 0.1) is 12.1 Å². The molecule has 0 unspecified atom stereocenters. The number of carbonyl (C=O) groups is 1. The molecule has 6 heteroatoms. The fourth-order valence-corrected chi connectivity index (χ4v) is 2.46. The van der Waals surface area contributed by atoms with Crippen molar-refractivity contribution in [2.24, 2.45) is 0 Å². The van der Waals surface area contributed by atoms with E-state index in [-0.39, 0.29) is 18.0 Å². The molecule has 1 fully saturated rings. The SMILES string of the molecule is CCN(Cc1noc(C2CCC2)n1)C(=O)c1ccccc1F. The third-order valence-electron chi connectivity index (χ3n) is 4.04. The highest BCUT2D eigenvalue weighted by atomic mass is 19.1. The third kappa shape index (κ3) is 2.86. The first-order valence-electron chi connectivity index (χ1n) is 7.55. The van der Waals surface area contributed by atoms with E-state index in [4.69, 9.17) is 4.52 Å². The predicted molar refractivity (Wildman–Crippen MR) is 77.7 cm³/mol. The highest BCUT2D eigenvalue weighted by Crippen LogP contribution is 2.35. The van der Waals surface area contributed by atoms with Gasteiger partial charge >= 0.3 is 0 Å². The molecule has 3 rings (SSSR count). The zero-order valence-electron chi connectivity index (χ0n) is 12.5. The number of rotatable bonds is 5. The zero-order chi connectivity index (χ0) is 15.5. The predicted octanol–water partition coefficient (Wildman–Crippen LogP) is 3.14. The second-order valence-corrected chi connectivity index (χ2v) is 5.48. The summed E-state index contributed by atoms with van der Waals surface area (Å²) in [6, 6.07) is 5.97. The van der Waals surface area contributed by atoms with E-state index in [1.807, 2.05) is 6.92 Å². The molecule has 1 aromatic carbocycles. The summed E-state index contributed by atoms with van der Waals surface area (Å²) in [5, 5.41) is 3.93. The van der Waals surface area contributed by atoms with Gasteiger partial charge in [-0.05, 0) is 31.9 Å². The fourth-order valence-electron chi connectivity index (χ4n) is 2.46. The maximum absolute atomic E-state index is 13.7. The van der Waals surface area contributed by atoms with Gasteiger partial charge in [0.25, 0.3) is 5.91 Å². The molecule has 1 aromatic heterocycles. The first kappa shape index (κ1) is 14.7. The maximum atomic E-state index is 13.7. The van der Waals surface area contributed by atoms with Crippen molar-refractivity contribution in [3.63, 3.8) is 0 Å². The molecule has 0 aliphatic heterocycles. The van der Waals surface area contributed by atoms with E-state index in [1.54, 1.807) is 12.1 Å². The molecule has 1 aliphatic carbocycles. The van der Waals surface area contributed by atoms with Crippen LogP contribution in [-0.4, -0.2) is 27.5 Å². The van der Waals surface area contributed by atoms with Crippen molar-refractivity contribution in [1.29, 1.82) is 0 Å². The molecule has 0 saturated heterocycles. The van der Waals surface area contributed by atoms with Crippen LogP contribution in [0.15, 0.2) is 28.8 Å². The van der Waals surface area contributed by atoms with E-state index in [1.165, 1.54) is 23.5 Å². The minimum absolute atomic E-state index is 0.0621. The largest absolute Gasteiger partial charge is 0.339 e. The summed E-state index contributed by atoms with van der Waals surface area (Å²) in [6.45, 7) is 2.51. The van der Waals surface area contributed by atoms with Gasteiger partial charge in [-0.15, -0.1) is 0 Å². The summed E-state index contributed by atoms with van der Waals surface area (Å²) in [6.07, 6.45) is 3.34. The fraction of sp³-hybridized carbons (Fsp3) is 0.438. The molecule has 0 atom stereocenters.